The van der Waals surface area contributed by atoms with Crippen molar-refractivity contribution in [2.45, 2.75) is 6.61 Å². The van der Waals surface area contributed by atoms with Gasteiger partial charge < -0.3 is 14.8 Å². The predicted octanol–water partition coefficient (Wildman–Crippen LogP) is 6.37. The molecule has 30 heavy (non-hydrogen) atoms. The van der Waals surface area contributed by atoms with Crippen LogP contribution in [0.4, 0.5) is 10.1 Å². The molecule has 0 radical (unpaired) electrons. The predicted molar refractivity (Wildman–Crippen MR) is 118 cm³/mol. The third kappa shape index (κ3) is 5.53. The molecule has 0 aliphatic rings. The molecule has 7 heteroatoms. The molecule has 0 saturated heterocycles. The second kappa shape index (κ2) is 10.1. The smallest absolute Gasteiger partial charge is 0.248 e. The number of methoxy groups -OCH3 is 1. The van der Waals surface area contributed by atoms with Gasteiger partial charge in [-0.25, -0.2) is 4.39 Å². The first-order chi connectivity index (χ1) is 14.5. The lowest BCUT2D eigenvalue weighted by Gasteiger charge is -2.13. The minimum atomic E-state index is -0.499. The fraction of sp³-hybridized carbons (Fsp3) is 0.0870. The van der Waals surface area contributed by atoms with E-state index in [0.717, 1.165) is 0 Å². The van der Waals surface area contributed by atoms with Gasteiger partial charge in [-0.2, -0.15) is 0 Å². The van der Waals surface area contributed by atoms with Crippen LogP contribution < -0.4 is 14.8 Å². The number of anilines is 1. The number of amides is 1. The Morgan fingerprint density at radius 1 is 1.03 bits per heavy atom. The number of rotatable bonds is 7. The number of nitrogens with one attached hydrogen (secondary N) is 1. The Morgan fingerprint density at radius 2 is 1.77 bits per heavy atom. The summed E-state index contributed by atoms with van der Waals surface area (Å²) in [5, 5.41) is 3.52. The Kier molecular flexibility index (Phi) is 7.33. The summed E-state index contributed by atoms with van der Waals surface area (Å²) in [6.07, 6.45) is 2.90. The highest BCUT2D eigenvalue weighted by Gasteiger charge is 2.10. The van der Waals surface area contributed by atoms with Crippen molar-refractivity contribution < 1.29 is 18.7 Å². The summed E-state index contributed by atoms with van der Waals surface area (Å²) in [7, 11) is 1.52. The van der Waals surface area contributed by atoms with Crippen LogP contribution in [-0.4, -0.2) is 13.0 Å². The molecule has 0 bridgehead atoms. The molecule has 0 aliphatic carbocycles. The van der Waals surface area contributed by atoms with E-state index in [-0.39, 0.29) is 12.3 Å². The van der Waals surface area contributed by atoms with Crippen molar-refractivity contribution in [2.75, 3.05) is 12.4 Å². The molecule has 3 aromatic rings. The van der Waals surface area contributed by atoms with E-state index < -0.39 is 11.7 Å². The van der Waals surface area contributed by atoms with E-state index in [4.69, 9.17) is 32.7 Å². The van der Waals surface area contributed by atoms with Crippen LogP contribution in [-0.2, 0) is 11.4 Å². The topological polar surface area (TPSA) is 47.6 Å². The molecular formula is C23H18Cl2FNO3. The van der Waals surface area contributed by atoms with E-state index >= 15 is 0 Å². The molecule has 0 saturated carbocycles. The molecule has 3 rings (SSSR count). The molecule has 1 N–H and O–H groups in total. The first-order valence-corrected chi connectivity index (χ1v) is 9.71. The summed E-state index contributed by atoms with van der Waals surface area (Å²) >= 11 is 12.3. The summed E-state index contributed by atoms with van der Waals surface area (Å²) in [6.45, 7) is 0.176. The Labute approximate surface area is 183 Å². The average Bonchev–Trinajstić information content (AvgIpc) is 2.74. The van der Waals surface area contributed by atoms with Crippen molar-refractivity contribution in [3.8, 4) is 11.5 Å². The zero-order valence-corrected chi connectivity index (χ0v) is 17.5. The molecular weight excluding hydrogens is 428 g/mol. The zero-order chi connectivity index (χ0) is 21.5. The quantitative estimate of drug-likeness (QED) is 0.429. The maximum Gasteiger partial charge on any atom is 0.248 e. The van der Waals surface area contributed by atoms with Gasteiger partial charge in [0.15, 0.2) is 11.5 Å². The van der Waals surface area contributed by atoms with Gasteiger partial charge in [0.05, 0.1) is 12.8 Å². The Morgan fingerprint density at radius 3 is 2.47 bits per heavy atom. The molecule has 4 nitrogen and oxygen atoms in total. The number of benzene rings is 3. The summed E-state index contributed by atoms with van der Waals surface area (Å²) in [5.74, 6) is 0.0325. The fourth-order valence-electron chi connectivity index (χ4n) is 2.64. The molecule has 154 valence electrons. The van der Waals surface area contributed by atoms with Gasteiger partial charge >= 0.3 is 0 Å². The highest BCUT2D eigenvalue weighted by Crippen LogP contribution is 2.31. The van der Waals surface area contributed by atoms with E-state index in [2.05, 4.69) is 5.32 Å². The van der Waals surface area contributed by atoms with Crippen LogP contribution in [0.15, 0.2) is 66.7 Å². The number of hydrogen-bond donors (Lipinski definition) is 1. The number of halogens is 3. The second-order valence-electron chi connectivity index (χ2n) is 6.20. The lowest BCUT2D eigenvalue weighted by molar-refractivity contribution is -0.111. The lowest BCUT2D eigenvalue weighted by atomic mass is 10.2. The van der Waals surface area contributed by atoms with Crippen LogP contribution in [0.5, 0.6) is 11.5 Å². The monoisotopic (exact) mass is 445 g/mol. The van der Waals surface area contributed by atoms with E-state index in [1.54, 1.807) is 54.6 Å². The van der Waals surface area contributed by atoms with Gasteiger partial charge in [0.25, 0.3) is 0 Å². The van der Waals surface area contributed by atoms with Crippen molar-refractivity contribution in [3.05, 3.63) is 93.7 Å². The Bertz CT molecular complexity index is 1070. The van der Waals surface area contributed by atoms with E-state index in [9.17, 15) is 9.18 Å². The van der Waals surface area contributed by atoms with Crippen LogP contribution in [0.2, 0.25) is 10.0 Å². The SMILES string of the molecule is COc1cc(/C=C/C(=O)Nc2ccccc2F)ccc1OCc1c(Cl)cccc1Cl. The van der Waals surface area contributed by atoms with Gasteiger partial charge in [-0.05, 0) is 48.0 Å². The van der Waals surface area contributed by atoms with Gasteiger partial charge in [0.2, 0.25) is 5.91 Å². The first-order valence-electron chi connectivity index (χ1n) is 8.95. The third-order valence-electron chi connectivity index (χ3n) is 4.18. The Balaban J connectivity index is 1.68. The molecule has 0 fully saturated rings. The largest absolute Gasteiger partial charge is 0.493 e. The summed E-state index contributed by atoms with van der Waals surface area (Å²) in [5.41, 5.74) is 1.50. The molecule has 0 aliphatic heterocycles. The van der Waals surface area contributed by atoms with Gasteiger partial charge in [-0.1, -0.05) is 47.5 Å². The van der Waals surface area contributed by atoms with Crippen LogP contribution >= 0.6 is 23.2 Å². The minimum absolute atomic E-state index is 0.117. The highest BCUT2D eigenvalue weighted by molar-refractivity contribution is 6.35. The number of ether oxygens (including phenoxy) is 2. The molecule has 0 heterocycles. The van der Waals surface area contributed by atoms with Crippen LogP contribution in [0.1, 0.15) is 11.1 Å². The van der Waals surface area contributed by atoms with Gasteiger partial charge in [0.1, 0.15) is 12.4 Å². The van der Waals surface area contributed by atoms with Gasteiger partial charge in [-0.15, -0.1) is 0 Å². The zero-order valence-electron chi connectivity index (χ0n) is 16.0. The fourth-order valence-corrected chi connectivity index (χ4v) is 3.14. The van der Waals surface area contributed by atoms with Crippen molar-refractivity contribution in [3.63, 3.8) is 0 Å². The van der Waals surface area contributed by atoms with Crippen molar-refractivity contribution in [1.82, 2.24) is 0 Å². The van der Waals surface area contributed by atoms with Crippen LogP contribution in [0.3, 0.4) is 0 Å². The van der Waals surface area contributed by atoms with Gasteiger partial charge in [-0.3, -0.25) is 4.79 Å². The summed E-state index contributed by atoms with van der Waals surface area (Å²) < 4.78 is 24.8. The van der Waals surface area contributed by atoms with E-state index in [1.165, 1.54) is 25.3 Å². The van der Waals surface area contributed by atoms with Crippen LogP contribution in [0.25, 0.3) is 6.08 Å². The van der Waals surface area contributed by atoms with Crippen molar-refractivity contribution >= 4 is 40.9 Å². The molecule has 0 aromatic heterocycles. The Hall–Kier alpha value is -3.02. The molecule has 0 spiro atoms. The van der Waals surface area contributed by atoms with Gasteiger partial charge in [0, 0.05) is 21.7 Å². The number of carbonyl (C=O) groups is 1. The average molecular weight is 446 g/mol. The first kappa shape index (κ1) is 21.7. The maximum absolute atomic E-state index is 13.6. The highest BCUT2D eigenvalue weighted by atomic mass is 35.5. The molecule has 1 amide bonds. The third-order valence-corrected chi connectivity index (χ3v) is 4.89. The van der Waals surface area contributed by atoms with E-state index in [1.807, 2.05) is 0 Å². The van der Waals surface area contributed by atoms with Crippen LogP contribution in [0, 0.1) is 5.82 Å². The molecule has 0 unspecified atom stereocenters. The number of para-hydroxylation sites is 1. The second-order valence-corrected chi connectivity index (χ2v) is 7.02. The minimum Gasteiger partial charge on any atom is -0.493 e. The maximum atomic E-state index is 13.6. The number of hydrogen-bond acceptors (Lipinski definition) is 3. The normalized spacial score (nSPS) is 10.8. The summed E-state index contributed by atoms with van der Waals surface area (Å²) in [4.78, 5) is 12.0. The van der Waals surface area contributed by atoms with Crippen molar-refractivity contribution in [1.29, 1.82) is 0 Å². The standard InChI is InChI=1S/C23H18Cl2FNO3/c1-29-22-13-15(10-12-23(28)27-20-8-3-2-7-19(20)26)9-11-21(22)30-14-16-17(24)5-4-6-18(16)25/h2-13H,14H2,1H3,(H,27,28)/b12-10+. The lowest BCUT2D eigenvalue weighted by Crippen LogP contribution is -2.09. The van der Waals surface area contributed by atoms with Crippen molar-refractivity contribution in [2.24, 2.45) is 0 Å². The molecule has 3 aromatic carbocycles. The molecule has 0 atom stereocenters. The number of carbonyl (C=O) groups excluding carboxylic acids is 1. The van der Waals surface area contributed by atoms with E-state index in [0.29, 0.717) is 32.7 Å². The summed E-state index contributed by atoms with van der Waals surface area (Å²) in [6, 6.07) is 16.4.